The SMILES string of the molecule is O=C1CCCCC1C(=O)c1ccco1. The van der Waals surface area contributed by atoms with Gasteiger partial charge in [-0.1, -0.05) is 6.42 Å². The smallest absolute Gasteiger partial charge is 0.208 e. The van der Waals surface area contributed by atoms with Crippen LogP contribution in [0.25, 0.3) is 0 Å². The van der Waals surface area contributed by atoms with Gasteiger partial charge in [0.15, 0.2) is 5.76 Å². The molecule has 0 aliphatic heterocycles. The molecule has 1 aliphatic rings. The molecule has 2 rings (SSSR count). The molecule has 1 fully saturated rings. The van der Waals surface area contributed by atoms with E-state index in [4.69, 9.17) is 4.42 Å². The van der Waals surface area contributed by atoms with E-state index in [1.807, 2.05) is 0 Å². The van der Waals surface area contributed by atoms with E-state index in [2.05, 4.69) is 0 Å². The van der Waals surface area contributed by atoms with Crippen molar-refractivity contribution in [3.8, 4) is 0 Å². The Bertz CT molecular complexity index is 337. The van der Waals surface area contributed by atoms with Crippen molar-refractivity contribution in [2.24, 2.45) is 5.92 Å². The number of Topliss-reactive ketones (excluding diaryl/α,β-unsaturated/α-hetero) is 2. The fourth-order valence-corrected chi connectivity index (χ4v) is 1.85. The molecule has 0 amide bonds. The second-order valence-electron chi connectivity index (χ2n) is 3.61. The van der Waals surface area contributed by atoms with Crippen LogP contribution in [0.3, 0.4) is 0 Å². The fourth-order valence-electron chi connectivity index (χ4n) is 1.85. The third-order valence-electron chi connectivity index (χ3n) is 2.64. The molecule has 1 saturated carbocycles. The summed E-state index contributed by atoms with van der Waals surface area (Å²) < 4.78 is 5.00. The van der Waals surface area contributed by atoms with Crippen LogP contribution in [0, 0.1) is 5.92 Å². The van der Waals surface area contributed by atoms with E-state index in [0.717, 1.165) is 12.8 Å². The maximum Gasteiger partial charge on any atom is 0.208 e. The summed E-state index contributed by atoms with van der Waals surface area (Å²) in [6, 6.07) is 3.28. The Morgan fingerprint density at radius 3 is 2.93 bits per heavy atom. The number of carbonyl (C=O) groups is 2. The lowest BCUT2D eigenvalue weighted by molar-refractivity contribution is -0.123. The van der Waals surface area contributed by atoms with Gasteiger partial charge in [-0.3, -0.25) is 9.59 Å². The van der Waals surface area contributed by atoms with Crippen molar-refractivity contribution in [3.63, 3.8) is 0 Å². The van der Waals surface area contributed by atoms with Gasteiger partial charge in [0, 0.05) is 6.42 Å². The molecule has 0 bridgehead atoms. The molecule has 1 aliphatic carbocycles. The van der Waals surface area contributed by atoms with Gasteiger partial charge >= 0.3 is 0 Å². The molecule has 0 radical (unpaired) electrons. The van der Waals surface area contributed by atoms with Crippen LogP contribution >= 0.6 is 0 Å². The summed E-state index contributed by atoms with van der Waals surface area (Å²) in [5.74, 6) is -0.225. The molecule has 1 aromatic rings. The normalized spacial score (nSPS) is 22.3. The highest BCUT2D eigenvalue weighted by atomic mass is 16.3. The van der Waals surface area contributed by atoms with Crippen LogP contribution in [-0.2, 0) is 4.79 Å². The molecule has 1 atom stereocenters. The summed E-state index contributed by atoms with van der Waals surface area (Å²) >= 11 is 0. The summed E-state index contributed by atoms with van der Waals surface area (Å²) in [5, 5.41) is 0. The van der Waals surface area contributed by atoms with Gasteiger partial charge < -0.3 is 4.42 Å². The monoisotopic (exact) mass is 192 g/mol. The maximum atomic E-state index is 11.8. The van der Waals surface area contributed by atoms with Crippen molar-refractivity contribution < 1.29 is 14.0 Å². The summed E-state index contributed by atoms with van der Waals surface area (Å²) in [6.45, 7) is 0. The van der Waals surface area contributed by atoms with Gasteiger partial charge in [-0.05, 0) is 25.0 Å². The first-order chi connectivity index (χ1) is 6.79. The Kier molecular flexibility index (Phi) is 2.48. The highest BCUT2D eigenvalue weighted by Crippen LogP contribution is 2.24. The quantitative estimate of drug-likeness (QED) is 0.533. The molecule has 0 N–H and O–H groups in total. The first kappa shape index (κ1) is 9.19. The van der Waals surface area contributed by atoms with Crippen LogP contribution in [0.15, 0.2) is 22.8 Å². The maximum absolute atomic E-state index is 11.8. The lowest BCUT2D eigenvalue weighted by Gasteiger charge is -2.17. The highest BCUT2D eigenvalue weighted by Gasteiger charge is 2.30. The Morgan fingerprint density at radius 1 is 1.43 bits per heavy atom. The molecule has 3 heteroatoms. The molecule has 14 heavy (non-hydrogen) atoms. The van der Waals surface area contributed by atoms with E-state index >= 15 is 0 Å². The van der Waals surface area contributed by atoms with Gasteiger partial charge in [-0.2, -0.15) is 0 Å². The van der Waals surface area contributed by atoms with Crippen molar-refractivity contribution in [2.75, 3.05) is 0 Å². The van der Waals surface area contributed by atoms with E-state index in [1.54, 1.807) is 12.1 Å². The molecule has 0 saturated heterocycles. The van der Waals surface area contributed by atoms with Crippen LogP contribution in [0.1, 0.15) is 36.2 Å². The Labute approximate surface area is 82.1 Å². The number of ketones is 2. The summed E-state index contributed by atoms with van der Waals surface area (Å²) in [4.78, 5) is 23.2. The van der Waals surface area contributed by atoms with Crippen LogP contribution < -0.4 is 0 Å². The number of hydrogen-bond acceptors (Lipinski definition) is 3. The van der Waals surface area contributed by atoms with E-state index in [-0.39, 0.29) is 11.6 Å². The summed E-state index contributed by atoms with van der Waals surface area (Å²) in [6.07, 6.45) is 4.56. The second-order valence-corrected chi connectivity index (χ2v) is 3.61. The predicted molar refractivity (Wildman–Crippen MR) is 50.0 cm³/mol. The number of carbonyl (C=O) groups excluding carboxylic acids is 2. The van der Waals surface area contributed by atoms with E-state index in [9.17, 15) is 9.59 Å². The van der Waals surface area contributed by atoms with Crippen LogP contribution in [0.5, 0.6) is 0 Å². The first-order valence-electron chi connectivity index (χ1n) is 4.89. The Balaban J connectivity index is 2.14. The topological polar surface area (TPSA) is 47.3 Å². The van der Waals surface area contributed by atoms with Crippen molar-refractivity contribution in [3.05, 3.63) is 24.2 Å². The zero-order valence-corrected chi connectivity index (χ0v) is 7.86. The highest BCUT2D eigenvalue weighted by molar-refractivity contribution is 6.09. The van der Waals surface area contributed by atoms with Gasteiger partial charge in [0.25, 0.3) is 0 Å². The number of rotatable bonds is 2. The van der Waals surface area contributed by atoms with Gasteiger partial charge in [0.2, 0.25) is 5.78 Å². The first-order valence-corrected chi connectivity index (χ1v) is 4.89. The third kappa shape index (κ3) is 1.62. The molecule has 1 unspecified atom stereocenters. The molecular formula is C11H12O3. The predicted octanol–water partition coefficient (Wildman–Crippen LogP) is 2.22. The van der Waals surface area contributed by atoms with Crippen LogP contribution in [-0.4, -0.2) is 11.6 Å². The minimum Gasteiger partial charge on any atom is -0.461 e. The average molecular weight is 192 g/mol. The molecule has 1 aromatic heterocycles. The third-order valence-corrected chi connectivity index (χ3v) is 2.64. The number of hydrogen-bond donors (Lipinski definition) is 0. The summed E-state index contributed by atoms with van der Waals surface area (Å²) in [5.41, 5.74) is 0. The van der Waals surface area contributed by atoms with E-state index < -0.39 is 5.92 Å². The summed E-state index contributed by atoms with van der Waals surface area (Å²) in [7, 11) is 0. The molecule has 0 aromatic carbocycles. The Hall–Kier alpha value is -1.38. The minimum atomic E-state index is -0.449. The van der Waals surface area contributed by atoms with E-state index in [1.165, 1.54) is 6.26 Å². The van der Waals surface area contributed by atoms with Crippen LogP contribution in [0.2, 0.25) is 0 Å². The van der Waals surface area contributed by atoms with Gasteiger partial charge in [-0.25, -0.2) is 0 Å². The lowest BCUT2D eigenvalue weighted by atomic mass is 9.84. The zero-order valence-electron chi connectivity index (χ0n) is 7.86. The largest absolute Gasteiger partial charge is 0.461 e. The molecule has 0 spiro atoms. The minimum absolute atomic E-state index is 0.0673. The van der Waals surface area contributed by atoms with Crippen molar-refractivity contribution >= 4 is 11.6 Å². The average Bonchev–Trinajstić information content (AvgIpc) is 2.70. The molecule has 1 heterocycles. The van der Waals surface area contributed by atoms with E-state index in [0.29, 0.717) is 18.6 Å². The van der Waals surface area contributed by atoms with Gasteiger partial charge in [0.05, 0.1) is 12.2 Å². The molecule has 3 nitrogen and oxygen atoms in total. The second kappa shape index (κ2) is 3.78. The number of furan rings is 1. The Morgan fingerprint density at radius 2 is 2.29 bits per heavy atom. The van der Waals surface area contributed by atoms with Gasteiger partial charge in [0.1, 0.15) is 5.78 Å². The van der Waals surface area contributed by atoms with Gasteiger partial charge in [-0.15, -0.1) is 0 Å². The van der Waals surface area contributed by atoms with Crippen molar-refractivity contribution in [2.45, 2.75) is 25.7 Å². The van der Waals surface area contributed by atoms with Crippen molar-refractivity contribution in [1.29, 1.82) is 0 Å². The molecule has 74 valence electrons. The fraction of sp³-hybridized carbons (Fsp3) is 0.455. The van der Waals surface area contributed by atoms with Crippen molar-refractivity contribution in [1.82, 2.24) is 0 Å². The van der Waals surface area contributed by atoms with Crippen LogP contribution in [0.4, 0.5) is 0 Å². The zero-order chi connectivity index (χ0) is 9.97. The lowest BCUT2D eigenvalue weighted by Crippen LogP contribution is -2.26. The standard InChI is InChI=1S/C11H12O3/c12-9-5-2-1-4-8(9)11(13)10-6-3-7-14-10/h3,6-8H,1-2,4-5H2. The molecular weight excluding hydrogens is 180 g/mol.